The second-order valence-electron chi connectivity index (χ2n) is 6.10. The summed E-state index contributed by atoms with van der Waals surface area (Å²) in [6.45, 7) is 11.6. The summed E-state index contributed by atoms with van der Waals surface area (Å²) in [7, 11) is 1.44. The summed E-state index contributed by atoms with van der Waals surface area (Å²) < 4.78 is 8.09. The number of methoxy groups -OCH3 is 1. The maximum Gasteiger partial charge on any atom is 0.305 e. The number of benzene rings is 1. The molecule has 28 heavy (non-hydrogen) atoms. The molecule has 156 valence electrons. The predicted molar refractivity (Wildman–Crippen MR) is 124 cm³/mol. The van der Waals surface area contributed by atoms with Gasteiger partial charge in [-0.1, -0.05) is 69.7 Å². The van der Waals surface area contributed by atoms with Crippen molar-refractivity contribution in [3.63, 3.8) is 0 Å². The number of hydrogen-bond acceptors (Lipinski definition) is 4. The molecule has 0 radical (unpaired) electrons. The Hall–Kier alpha value is -1.78. The van der Waals surface area contributed by atoms with E-state index in [4.69, 9.17) is 0 Å². The van der Waals surface area contributed by atoms with Gasteiger partial charge >= 0.3 is 5.97 Å². The first-order valence-corrected chi connectivity index (χ1v) is 11.0. The second kappa shape index (κ2) is 18.6. The number of esters is 1. The maximum absolute atomic E-state index is 11.1. The van der Waals surface area contributed by atoms with Gasteiger partial charge in [-0.25, -0.2) is 0 Å². The number of aryl methyl sites for hydroxylation is 1. The predicted octanol–water partition coefficient (Wildman–Crippen LogP) is 6.66. The average Bonchev–Trinajstić information content (AvgIpc) is 2.74. The molecule has 0 aliphatic heterocycles. The Morgan fingerprint density at radius 1 is 1.21 bits per heavy atom. The van der Waals surface area contributed by atoms with Crippen molar-refractivity contribution in [2.75, 3.05) is 7.11 Å². The molecule has 4 heteroatoms. The average molecular weight is 404 g/mol. The molecule has 1 N–H and O–H groups in total. The molecule has 1 aromatic rings. The van der Waals surface area contributed by atoms with E-state index < -0.39 is 0 Å². The van der Waals surface area contributed by atoms with Gasteiger partial charge in [-0.15, -0.1) is 6.58 Å². The zero-order valence-corrected chi connectivity index (χ0v) is 18.6. The molecule has 1 aromatic carbocycles. The van der Waals surface area contributed by atoms with Crippen molar-refractivity contribution in [3.8, 4) is 0 Å². The van der Waals surface area contributed by atoms with Crippen LogP contribution in [0.1, 0.15) is 57.9 Å². The van der Waals surface area contributed by atoms with Crippen molar-refractivity contribution in [2.45, 2.75) is 69.7 Å². The molecule has 0 heterocycles. The molecular weight excluding hydrogens is 366 g/mol. The molecule has 1 atom stereocenters. The fourth-order valence-corrected chi connectivity index (χ4v) is 3.31. The van der Waals surface area contributed by atoms with Crippen molar-refractivity contribution < 1.29 is 9.53 Å². The van der Waals surface area contributed by atoms with Gasteiger partial charge in [-0.05, 0) is 55.3 Å². The molecule has 0 saturated carbocycles. The number of allylic oxidation sites excluding steroid dienone is 2. The number of unbranched alkanes of at least 4 members (excludes halogenated alkanes) is 3. The Bertz CT molecular complexity index is 584. The summed E-state index contributed by atoms with van der Waals surface area (Å²) in [5.41, 5.74) is 1.35. The number of carbonyl (C=O) groups excluding carboxylic acids is 1. The van der Waals surface area contributed by atoms with Crippen LogP contribution < -0.4 is 4.72 Å². The molecule has 1 rings (SSSR count). The van der Waals surface area contributed by atoms with Crippen molar-refractivity contribution >= 4 is 17.9 Å². The van der Waals surface area contributed by atoms with Crippen LogP contribution in [0.2, 0.25) is 0 Å². The van der Waals surface area contributed by atoms with Gasteiger partial charge in [-0.3, -0.25) is 9.52 Å². The van der Waals surface area contributed by atoms with Crippen LogP contribution in [0.15, 0.2) is 66.6 Å². The molecule has 0 spiro atoms. The van der Waals surface area contributed by atoms with Crippen LogP contribution >= 0.6 is 11.9 Å². The zero-order valence-electron chi connectivity index (χ0n) is 17.8. The molecule has 0 aromatic heterocycles. The summed E-state index contributed by atoms with van der Waals surface area (Å²) in [5, 5.41) is 0. The van der Waals surface area contributed by atoms with Crippen LogP contribution in [0.25, 0.3) is 0 Å². The van der Waals surface area contributed by atoms with Crippen LogP contribution in [0.5, 0.6) is 0 Å². The highest BCUT2D eigenvalue weighted by atomic mass is 32.2. The van der Waals surface area contributed by atoms with Gasteiger partial charge in [0.15, 0.2) is 0 Å². The van der Waals surface area contributed by atoms with Gasteiger partial charge < -0.3 is 4.74 Å². The van der Waals surface area contributed by atoms with Crippen molar-refractivity contribution in [2.24, 2.45) is 0 Å². The van der Waals surface area contributed by atoms with Gasteiger partial charge in [0.25, 0.3) is 0 Å². The largest absolute Gasteiger partial charge is 0.469 e. The molecule has 0 aliphatic carbocycles. The van der Waals surface area contributed by atoms with Crippen LogP contribution in [0.3, 0.4) is 0 Å². The second-order valence-corrected chi connectivity index (χ2v) is 7.01. The summed E-state index contributed by atoms with van der Waals surface area (Å²) >= 11 is 1.65. The fraction of sp³-hybridized carbons (Fsp3) is 0.458. The molecule has 0 saturated heterocycles. The van der Waals surface area contributed by atoms with E-state index in [1.807, 2.05) is 26.0 Å². The van der Waals surface area contributed by atoms with Gasteiger partial charge in [0.1, 0.15) is 0 Å². The SMILES string of the molecule is C=C/C=C\CC(C=C)NSc1cccc(CCCCCCC(=O)OC)c1.CC. The van der Waals surface area contributed by atoms with Gasteiger partial charge in [0, 0.05) is 17.4 Å². The molecule has 0 aliphatic rings. The monoisotopic (exact) mass is 403 g/mol. The third-order valence-electron chi connectivity index (χ3n) is 4.00. The Morgan fingerprint density at radius 3 is 2.64 bits per heavy atom. The van der Waals surface area contributed by atoms with E-state index in [9.17, 15) is 4.79 Å². The lowest BCUT2D eigenvalue weighted by Gasteiger charge is -2.12. The van der Waals surface area contributed by atoms with Gasteiger partial charge in [-0.2, -0.15) is 0 Å². The van der Waals surface area contributed by atoms with Gasteiger partial charge in [0.05, 0.1) is 7.11 Å². The van der Waals surface area contributed by atoms with E-state index in [1.54, 1.807) is 18.0 Å². The van der Waals surface area contributed by atoms with E-state index >= 15 is 0 Å². The maximum atomic E-state index is 11.1. The Labute approximate surface area is 176 Å². The third-order valence-corrected chi connectivity index (χ3v) is 4.91. The van der Waals surface area contributed by atoms with E-state index in [-0.39, 0.29) is 12.0 Å². The Morgan fingerprint density at radius 2 is 1.96 bits per heavy atom. The van der Waals surface area contributed by atoms with Crippen LogP contribution in [0.4, 0.5) is 0 Å². The van der Waals surface area contributed by atoms with E-state index in [0.29, 0.717) is 6.42 Å². The lowest BCUT2D eigenvalue weighted by atomic mass is 10.1. The number of hydrogen-bond donors (Lipinski definition) is 1. The fourth-order valence-electron chi connectivity index (χ4n) is 2.48. The smallest absolute Gasteiger partial charge is 0.305 e. The number of carbonyl (C=O) groups is 1. The highest BCUT2D eigenvalue weighted by Crippen LogP contribution is 2.19. The molecule has 1 unspecified atom stereocenters. The Balaban J connectivity index is 0.00000352. The zero-order chi connectivity index (χ0) is 21.0. The van der Waals surface area contributed by atoms with Crippen LogP contribution in [0, 0.1) is 0 Å². The van der Waals surface area contributed by atoms with Crippen LogP contribution in [-0.4, -0.2) is 19.1 Å². The van der Waals surface area contributed by atoms with Gasteiger partial charge in [0.2, 0.25) is 0 Å². The first-order chi connectivity index (χ1) is 13.7. The highest BCUT2D eigenvalue weighted by Gasteiger charge is 2.04. The minimum Gasteiger partial charge on any atom is -0.469 e. The first-order valence-electron chi connectivity index (χ1n) is 10.2. The molecular formula is C24H37NO2S. The van der Waals surface area contributed by atoms with E-state index in [1.165, 1.54) is 17.6 Å². The molecule has 0 fully saturated rings. The van der Waals surface area contributed by atoms with Crippen LogP contribution in [-0.2, 0) is 16.0 Å². The number of ether oxygens (including phenoxy) is 1. The quantitative estimate of drug-likeness (QED) is 0.124. The van der Waals surface area contributed by atoms with Crippen molar-refractivity contribution in [3.05, 3.63) is 67.3 Å². The molecule has 0 bridgehead atoms. The normalized spacial score (nSPS) is 11.4. The number of nitrogens with one attached hydrogen (secondary N) is 1. The van der Waals surface area contributed by atoms with E-state index in [2.05, 4.69) is 53.0 Å². The lowest BCUT2D eigenvalue weighted by Crippen LogP contribution is -2.19. The first kappa shape index (κ1) is 26.2. The minimum atomic E-state index is -0.111. The minimum absolute atomic E-state index is 0.111. The van der Waals surface area contributed by atoms with E-state index in [0.717, 1.165) is 38.5 Å². The number of rotatable bonds is 14. The Kier molecular flexibility index (Phi) is 17.4. The summed E-state index contributed by atoms with van der Waals surface area (Å²) in [6.07, 6.45) is 14.5. The standard InChI is InChI=1S/C22H31NO2S.C2H6/c1-4-6-9-15-20(5-2)23-26-21-16-12-14-19(18-21)13-10-7-8-11-17-22(24)25-3;1-2/h4-6,9,12,14,16,18,20,23H,1-2,7-8,10-11,13,15,17H2,3H3;1-2H3/b9-6-;. The molecule has 0 amide bonds. The van der Waals surface area contributed by atoms with Crippen molar-refractivity contribution in [1.82, 2.24) is 4.72 Å². The third kappa shape index (κ3) is 13.4. The van der Waals surface area contributed by atoms with Crippen molar-refractivity contribution in [1.29, 1.82) is 0 Å². The lowest BCUT2D eigenvalue weighted by molar-refractivity contribution is -0.140. The summed E-state index contributed by atoms with van der Waals surface area (Å²) in [6, 6.07) is 8.88. The summed E-state index contributed by atoms with van der Waals surface area (Å²) in [5.74, 6) is -0.111. The highest BCUT2D eigenvalue weighted by molar-refractivity contribution is 7.97. The summed E-state index contributed by atoms with van der Waals surface area (Å²) in [4.78, 5) is 12.3. The molecule has 3 nitrogen and oxygen atoms in total. The topological polar surface area (TPSA) is 38.3 Å².